The summed E-state index contributed by atoms with van der Waals surface area (Å²) in [5.74, 6) is 1.12. The van der Waals surface area contributed by atoms with E-state index in [2.05, 4.69) is 40.3 Å². The van der Waals surface area contributed by atoms with Gasteiger partial charge >= 0.3 is 0 Å². The molecule has 1 saturated heterocycles. The van der Waals surface area contributed by atoms with Crippen LogP contribution in [0.5, 0.6) is 0 Å². The molecule has 124 valence electrons. The van der Waals surface area contributed by atoms with E-state index < -0.39 is 0 Å². The summed E-state index contributed by atoms with van der Waals surface area (Å²) in [6.07, 6.45) is 7.51. The third-order valence-corrected chi connectivity index (χ3v) is 5.42. The van der Waals surface area contributed by atoms with Crippen molar-refractivity contribution >= 4 is 5.78 Å². The summed E-state index contributed by atoms with van der Waals surface area (Å²) in [6.45, 7) is 14.9. The molecule has 2 heteroatoms. The summed E-state index contributed by atoms with van der Waals surface area (Å²) in [7, 11) is 0. The lowest BCUT2D eigenvalue weighted by atomic mass is 9.82. The quantitative estimate of drug-likeness (QED) is 0.525. The van der Waals surface area contributed by atoms with Gasteiger partial charge in [0, 0.05) is 6.42 Å². The molecule has 1 fully saturated rings. The summed E-state index contributed by atoms with van der Waals surface area (Å²) in [5.41, 5.74) is 2.42. The average Bonchev–Trinajstić information content (AvgIpc) is 3.05. The molecular formula is C20H32O2. The molecule has 0 bridgehead atoms. The molecule has 0 radical (unpaired) electrons. The van der Waals surface area contributed by atoms with Crippen LogP contribution in [0.25, 0.3) is 0 Å². The standard InChI is InChI=1S/C20H32O2/c1-13(2)16-9-10-20(6)19(22-20)8-7-15(5)11-18(21)17(12-16)14(3)4/h12-13,15,17,19H,3,7-11H2,1-2,4-6H3/b16-12+/t15-,17-,19+,20+/m0/s1. The van der Waals surface area contributed by atoms with E-state index >= 15 is 0 Å². The molecule has 0 N–H and O–H groups in total. The van der Waals surface area contributed by atoms with Crippen LogP contribution < -0.4 is 0 Å². The Kier molecular flexibility index (Phi) is 5.32. The summed E-state index contributed by atoms with van der Waals surface area (Å²) < 4.78 is 5.97. The first-order valence-electron chi connectivity index (χ1n) is 8.79. The summed E-state index contributed by atoms with van der Waals surface area (Å²) in [5, 5.41) is 0. The number of Topliss-reactive ketones (excluding diaryl/α,β-unsaturated/α-hetero) is 1. The van der Waals surface area contributed by atoms with Crippen molar-refractivity contribution in [1.29, 1.82) is 0 Å². The van der Waals surface area contributed by atoms with E-state index in [4.69, 9.17) is 4.74 Å². The number of hydrogen-bond acceptors (Lipinski definition) is 2. The van der Waals surface area contributed by atoms with Crippen molar-refractivity contribution in [2.75, 3.05) is 0 Å². The molecule has 0 aromatic carbocycles. The molecule has 2 nitrogen and oxygen atoms in total. The Balaban J connectivity index is 2.26. The maximum atomic E-state index is 12.7. The normalized spacial score (nSPS) is 39.3. The SMILES string of the molecule is C=C(C)[C@@H]1/C=C(/C(C)C)CC[C@@]2(C)O[C@@H]2CC[C@H](C)CC1=O. The van der Waals surface area contributed by atoms with Crippen molar-refractivity contribution in [3.8, 4) is 0 Å². The Morgan fingerprint density at radius 1 is 1.41 bits per heavy atom. The van der Waals surface area contributed by atoms with Gasteiger partial charge in [0.1, 0.15) is 5.78 Å². The lowest BCUT2D eigenvalue weighted by molar-refractivity contribution is -0.121. The van der Waals surface area contributed by atoms with Crippen LogP contribution in [-0.4, -0.2) is 17.5 Å². The van der Waals surface area contributed by atoms with Crippen LogP contribution >= 0.6 is 0 Å². The maximum Gasteiger partial charge on any atom is 0.144 e. The van der Waals surface area contributed by atoms with Crippen LogP contribution in [0.2, 0.25) is 0 Å². The fraction of sp³-hybridized carbons (Fsp3) is 0.750. The minimum atomic E-state index is -0.108. The van der Waals surface area contributed by atoms with Crippen LogP contribution in [0, 0.1) is 17.8 Å². The minimum Gasteiger partial charge on any atom is -0.366 e. The monoisotopic (exact) mass is 304 g/mol. The highest BCUT2D eigenvalue weighted by atomic mass is 16.6. The molecule has 0 saturated carbocycles. The fourth-order valence-electron chi connectivity index (χ4n) is 3.56. The lowest BCUT2D eigenvalue weighted by Gasteiger charge is -2.21. The second-order valence-electron chi connectivity index (χ2n) is 7.99. The third kappa shape index (κ3) is 4.10. The Morgan fingerprint density at radius 2 is 2.09 bits per heavy atom. The highest BCUT2D eigenvalue weighted by Crippen LogP contribution is 2.45. The number of hydrogen-bond donors (Lipinski definition) is 0. The fourth-order valence-corrected chi connectivity index (χ4v) is 3.56. The number of carbonyl (C=O) groups is 1. The topological polar surface area (TPSA) is 29.6 Å². The molecule has 4 atom stereocenters. The van der Waals surface area contributed by atoms with Crippen LogP contribution in [-0.2, 0) is 9.53 Å². The van der Waals surface area contributed by atoms with Crippen LogP contribution in [0.3, 0.4) is 0 Å². The smallest absolute Gasteiger partial charge is 0.144 e. The van der Waals surface area contributed by atoms with Crippen molar-refractivity contribution in [2.45, 2.75) is 78.4 Å². The van der Waals surface area contributed by atoms with Crippen molar-refractivity contribution in [1.82, 2.24) is 0 Å². The zero-order valence-corrected chi connectivity index (χ0v) is 14.9. The Labute approximate surface area is 136 Å². The van der Waals surface area contributed by atoms with Crippen molar-refractivity contribution in [3.63, 3.8) is 0 Å². The lowest BCUT2D eigenvalue weighted by Crippen LogP contribution is -2.20. The molecule has 0 amide bonds. The second-order valence-corrected chi connectivity index (χ2v) is 7.99. The van der Waals surface area contributed by atoms with E-state index in [0.717, 1.165) is 31.3 Å². The number of ether oxygens (including phenoxy) is 1. The first-order chi connectivity index (χ1) is 10.2. The van der Waals surface area contributed by atoms with E-state index in [0.29, 0.717) is 30.1 Å². The first kappa shape index (κ1) is 17.5. The number of carbonyl (C=O) groups excluding carboxylic acids is 1. The first-order valence-corrected chi connectivity index (χ1v) is 8.79. The van der Waals surface area contributed by atoms with Crippen LogP contribution in [0.1, 0.15) is 66.7 Å². The number of allylic oxidation sites excluding steroid dienone is 3. The zero-order chi connectivity index (χ0) is 16.5. The Bertz CT molecular complexity index is 474. The van der Waals surface area contributed by atoms with E-state index in [9.17, 15) is 4.79 Å². The number of epoxide rings is 1. The van der Waals surface area contributed by atoms with Gasteiger partial charge in [0.15, 0.2) is 0 Å². The Morgan fingerprint density at radius 3 is 2.68 bits per heavy atom. The van der Waals surface area contributed by atoms with Crippen molar-refractivity contribution in [2.24, 2.45) is 17.8 Å². The number of rotatable bonds is 2. The van der Waals surface area contributed by atoms with E-state index in [-0.39, 0.29) is 11.5 Å². The maximum absolute atomic E-state index is 12.7. The zero-order valence-electron chi connectivity index (χ0n) is 14.9. The van der Waals surface area contributed by atoms with Gasteiger partial charge in [-0.1, -0.05) is 44.6 Å². The molecule has 1 heterocycles. The highest BCUT2D eigenvalue weighted by Gasteiger charge is 2.51. The molecule has 0 unspecified atom stereocenters. The third-order valence-electron chi connectivity index (χ3n) is 5.42. The molecule has 1 aliphatic carbocycles. The Hall–Kier alpha value is -0.890. The number of ketones is 1. The van der Waals surface area contributed by atoms with E-state index in [1.807, 2.05) is 6.92 Å². The van der Waals surface area contributed by atoms with Crippen LogP contribution in [0.4, 0.5) is 0 Å². The molecule has 22 heavy (non-hydrogen) atoms. The second kappa shape index (κ2) is 6.70. The molecule has 2 aliphatic rings. The summed E-state index contributed by atoms with van der Waals surface area (Å²) in [6, 6.07) is 0. The molecule has 0 aromatic rings. The molecule has 1 aliphatic heterocycles. The van der Waals surface area contributed by atoms with Gasteiger partial charge < -0.3 is 4.74 Å². The predicted octanol–water partition coefficient (Wildman–Crippen LogP) is 5.09. The largest absolute Gasteiger partial charge is 0.366 e. The van der Waals surface area contributed by atoms with Gasteiger partial charge in [-0.25, -0.2) is 0 Å². The van der Waals surface area contributed by atoms with Gasteiger partial charge in [-0.2, -0.15) is 0 Å². The van der Waals surface area contributed by atoms with Crippen molar-refractivity contribution < 1.29 is 9.53 Å². The summed E-state index contributed by atoms with van der Waals surface area (Å²) in [4.78, 5) is 12.7. The molecule has 0 aromatic heterocycles. The van der Waals surface area contributed by atoms with Gasteiger partial charge in [0.25, 0.3) is 0 Å². The van der Waals surface area contributed by atoms with Crippen molar-refractivity contribution in [3.05, 3.63) is 23.8 Å². The molecular weight excluding hydrogens is 272 g/mol. The van der Waals surface area contributed by atoms with Gasteiger partial charge in [-0.15, -0.1) is 0 Å². The van der Waals surface area contributed by atoms with E-state index in [1.54, 1.807) is 0 Å². The molecule has 2 rings (SSSR count). The van der Waals surface area contributed by atoms with Gasteiger partial charge in [0.2, 0.25) is 0 Å². The minimum absolute atomic E-state index is 0.0651. The summed E-state index contributed by atoms with van der Waals surface area (Å²) >= 11 is 0. The van der Waals surface area contributed by atoms with Crippen LogP contribution in [0.15, 0.2) is 23.8 Å². The van der Waals surface area contributed by atoms with Gasteiger partial charge in [0.05, 0.1) is 17.6 Å². The molecule has 0 spiro atoms. The van der Waals surface area contributed by atoms with Gasteiger partial charge in [-0.3, -0.25) is 4.79 Å². The highest BCUT2D eigenvalue weighted by molar-refractivity contribution is 5.85. The number of fused-ring (bicyclic) bond motifs is 1. The van der Waals surface area contributed by atoms with Gasteiger partial charge in [-0.05, 0) is 51.4 Å². The predicted molar refractivity (Wildman–Crippen MR) is 91.8 cm³/mol. The van der Waals surface area contributed by atoms with E-state index in [1.165, 1.54) is 5.57 Å². The average molecular weight is 304 g/mol.